The molecule has 0 aliphatic rings. The molecule has 1 radical (unpaired) electrons. The Morgan fingerprint density at radius 1 is 1.78 bits per heavy atom. The van der Waals surface area contributed by atoms with Crippen LogP contribution in [0.3, 0.4) is 0 Å². The average molecular weight is 150 g/mol. The molecule has 0 saturated carbocycles. The highest BCUT2D eigenvalue weighted by Gasteiger charge is 2.00. The van der Waals surface area contributed by atoms with E-state index in [1.54, 1.807) is 4.72 Å². The Kier molecular flexibility index (Phi) is 2.60. The molecule has 0 aliphatic heterocycles. The Morgan fingerprint density at radius 2 is 2.22 bits per heavy atom. The number of amidine groups is 1. The summed E-state index contributed by atoms with van der Waals surface area (Å²) < 4.78 is 22.0. The lowest BCUT2D eigenvalue weighted by atomic mass is 10.5. The first-order valence-electron chi connectivity index (χ1n) is 2.14. The number of hydrogen-bond acceptors (Lipinski definition) is 3. The van der Waals surface area contributed by atoms with Gasteiger partial charge in [-0.2, -0.15) is 8.42 Å². The Balaban J connectivity index is 3.91. The van der Waals surface area contributed by atoms with Crippen LogP contribution in [0.4, 0.5) is 0 Å². The maximum Gasteiger partial charge on any atom is 0.297 e. The van der Waals surface area contributed by atoms with E-state index < -0.39 is 10.2 Å². The van der Waals surface area contributed by atoms with Crippen molar-refractivity contribution in [2.45, 2.75) is 6.92 Å². The lowest BCUT2D eigenvalue weighted by Crippen LogP contribution is -2.35. The van der Waals surface area contributed by atoms with Crippen LogP contribution in [0.2, 0.25) is 0 Å². The van der Waals surface area contributed by atoms with E-state index in [0.29, 0.717) is 0 Å². The van der Waals surface area contributed by atoms with E-state index >= 15 is 0 Å². The number of hydrogen-bond donors (Lipinski definition) is 3. The lowest BCUT2D eigenvalue weighted by molar-refractivity contribution is 0.594. The molecular weight excluding hydrogens is 142 g/mol. The quantitative estimate of drug-likeness (QED) is 0.347. The molecule has 0 fully saturated rings. The molecule has 4 N–H and O–H groups in total. The van der Waals surface area contributed by atoms with Crippen molar-refractivity contribution >= 4 is 16.0 Å². The molecule has 0 heterocycles. The van der Waals surface area contributed by atoms with Crippen LogP contribution >= 0.6 is 0 Å². The standard InChI is InChI=1S/C3H8N3O2S/c1-2-3(4)6-9(5,7)8/h2H,1H3,(H2,4,6)(H2,5,7,8). The van der Waals surface area contributed by atoms with Crippen LogP contribution in [-0.4, -0.2) is 14.3 Å². The molecule has 6 heteroatoms. The molecule has 0 aromatic heterocycles. The van der Waals surface area contributed by atoms with Crippen LogP contribution in [0.1, 0.15) is 6.92 Å². The maximum atomic E-state index is 10.1. The minimum absolute atomic E-state index is 0.225. The summed E-state index contributed by atoms with van der Waals surface area (Å²) in [7, 11) is -3.74. The van der Waals surface area contributed by atoms with Gasteiger partial charge in [0.1, 0.15) is 5.84 Å². The van der Waals surface area contributed by atoms with Crippen LogP contribution in [0.15, 0.2) is 0 Å². The first kappa shape index (κ1) is 8.38. The molecule has 0 aromatic carbocycles. The molecule has 0 rings (SSSR count). The number of nitrogens with one attached hydrogen (secondary N) is 2. The maximum absolute atomic E-state index is 10.1. The van der Waals surface area contributed by atoms with E-state index in [9.17, 15) is 8.42 Å². The summed E-state index contributed by atoms with van der Waals surface area (Å²) in [4.78, 5) is 0. The fraction of sp³-hybridized carbons (Fsp3) is 0.333. The zero-order valence-corrected chi connectivity index (χ0v) is 5.70. The van der Waals surface area contributed by atoms with Crippen LogP contribution in [0.25, 0.3) is 0 Å². The molecule has 53 valence electrons. The fourth-order valence-electron chi connectivity index (χ4n) is 0.212. The van der Waals surface area contributed by atoms with Gasteiger partial charge in [0.2, 0.25) is 0 Å². The molecule has 0 saturated heterocycles. The molecule has 0 aliphatic carbocycles. The molecule has 0 unspecified atom stereocenters. The second-order valence-corrected chi connectivity index (χ2v) is 2.64. The van der Waals surface area contributed by atoms with Gasteiger partial charge in [-0.15, -0.1) is 0 Å². The average Bonchev–Trinajstić information content (AvgIpc) is 1.62. The summed E-state index contributed by atoms with van der Waals surface area (Å²) in [5.41, 5.74) is 0. The lowest BCUT2D eigenvalue weighted by Gasteiger charge is -1.99. The highest BCUT2D eigenvalue weighted by molar-refractivity contribution is 7.87. The van der Waals surface area contributed by atoms with Gasteiger partial charge < -0.3 is 0 Å². The zero-order chi connectivity index (χ0) is 7.49. The minimum atomic E-state index is -3.74. The third-order valence-corrected chi connectivity index (χ3v) is 1.05. The van der Waals surface area contributed by atoms with Gasteiger partial charge >= 0.3 is 0 Å². The summed E-state index contributed by atoms with van der Waals surface area (Å²) in [6.07, 6.45) is 1.28. The van der Waals surface area contributed by atoms with E-state index in [1.807, 2.05) is 0 Å². The Hall–Kier alpha value is -0.620. The molecule has 5 nitrogen and oxygen atoms in total. The number of rotatable bonds is 2. The summed E-state index contributed by atoms with van der Waals surface area (Å²) in [6, 6.07) is 0. The van der Waals surface area contributed by atoms with Crippen LogP contribution in [0, 0.1) is 11.8 Å². The third kappa shape index (κ3) is 5.25. The van der Waals surface area contributed by atoms with Gasteiger partial charge in [-0.25, -0.2) is 5.14 Å². The SMILES string of the molecule is C[CH]C(=N)NS(N)(=O)=O. The molecule has 0 atom stereocenters. The van der Waals surface area contributed by atoms with Crippen molar-refractivity contribution in [3.05, 3.63) is 6.42 Å². The second-order valence-electron chi connectivity index (χ2n) is 1.35. The topological polar surface area (TPSA) is 96.0 Å². The minimum Gasteiger partial charge on any atom is -0.288 e. The van der Waals surface area contributed by atoms with E-state index in [4.69, 9.17) is 5.41 Å². The van der Waals surface area contributed by atoms with Crippen molar-refractivity contribution in [2.24, 2.45) is 5.14 Å². The van der Waals surface area contributed by atoms with Crippen LogP contribution in [-0.2, 0) is 10.2 Å². The van der Waals surface area contributed by atoms with Crippen molar-refractivity contribution < 1.29 is 8.42 Å². The smallest absolute Gasteiger partial charge is 0.288 e. The van der Waals surface area contributed by atoms with Gasteiger partial charge in [0.05, 0.1) is 0 Å². The van der Waals surface area contributed by atoms with Gasteiger partial charge in [-0.3, -0.25) is 10.1 Å². The Morgan fingerprint density at radius 3 is 2.33 bits per heavy atom. The summed E-state index contributed by atoms with van der Waals surface area (Å²) in [5, 5.41) is 11.3. The highest BCUT2D eigenvalue weighted by Crippen LogP contribution is 1.74. The fourth-order valence-corrected chi connectivity index (χ4v) is 0.637. The highest BCUT2D eigenvalue weighted by atomic mass is 32.2. The van der Waals surface area contributed by atoms with Gasteiger partial charge in [-0.05, 0) is 0 Å². The Labute approximate surface area is 53.9 Å². The van der Waals surface area contributed by atoms with Crippen molar-refractivity contribution in [1.29, 1.82) is 5.41 Å². The van der Waals surface area contributed by atoms with Gasteiger partial charge in [-0.1, -0.05) is 6.92 Å². The van der Waals surface area contributed by atoms with Crippen molar-refractivity contribution in [1.82, 2.24) is 4.72 Å². The first-order chi connectivity index (χ1) is 3.95. The number of nitrogens with two attached hydrogens (primary N) is 1. The largest absolute Gasteiger partial charge is 0.297 e. The van der Waals surface area contributed by atoms with E-state index in [2.05, 4.69) is 5.14 Å². The molecule has 0 bridgehead atoms. The molecule has 0 spiro atoms. The molecular formula is C3H8N3O2S. The van der Waals surface area contributed by atoms with Gasteiger partial charge in [0, 0.05) is 6.42 Å². The predicted octanol–water partition coefficient (Wildman–Crippen LogP) is -1.02. The van der Waals surface area contributed by atoms with Crippen LogP contribution < -0.4 is 9.86 Å². The second kappa shape index (κ2) is 2.79. The van der Waals surface area contributed by atoms with Crippen molar-refractivity contribution in [3.63, 3.8) is 0 Å². The summed E-state index contributed by atoms with van der Waals surface area (Å²) in [6.45, 7) is 1.53. The van der Waals surface area contributed by atoms with E-state index in [1.165, 1.54) is 13.3 Å². The summed E-state index contributed by atoms with van der Waals surface area (Å²) in [5.74, 6) is -0.225. The monoisotopic (exact) mass is 150 g/mol. The zero-order valence-electron chi connectivity index (χ0n) is 4.88. The van der Waals surface area contributed by atoms with Crippen molar-refractivity contribution in [2.75, 3.05) is 0 Å². The summed E-state index contributed by atoms with van der Waals surface area (Å²) >= 11 is 0. The van der Waals surface area contributed by atoms with Gasteiger partial charge in [0.25, 0.3) is 10.2 Å². The molecule has 9 heavy (non-hydrogen) atoms. The predicted molar refractivity (Wildman–Crippen MR) is 33.9 cm³/mol. The van der Waals surface area contributed by atoms with Gasteiger partial charge in [0.15, 0.2) is 0 Å². The normalized spacial score (nSPS) is 10.9. The first-order valence-corrected chi connectivity index (χ1v) is 3.69. The van der Waals surface area contributed by atoms with E-state index in [0.717, 1.165) is 0 Å². The van der Waals surface area contributed by atoms with Crippen LogP contribution in [0.5, 0.6) is 0 Å². The van der Waals surface area contributed by atoms with Crippen molar-refractivity contribution in [3.8, 4) is 0 Å². The molecule has 0 aromatic rings. The third-order valence-electron chi connectivity index (χ3n) is 0.541. The molecule has 0 amide bonds. The Bertz CT molecular complexity index is 195. The van der Waals surface area contributed by atoms with E-state index in [-0.39, 0.29) is 5.84 Å².